The highest BCUT2D eigenvalue weighted by atomic mass is 16.5. The van der Waals surface area contributed by atoms with Crippen LogP contribution in [0.4, 0.5) is 0 Å². The fourth-order valence-corrected chi connectivity index (χ4v) is 3.44. The molecule has 1 unspecified atom stereocenters. The molecule has 124 valence electrons. The number of hydrogen-bond acceptors (Lipinski definition) is 4. The molecular weight excluding hydrogens is 264 g/mol. The van der Waals surface area contributed by atoms with Gasteiger partial charge in [-0.2, -0.15) is 0 Å². The first-order valence-corrected chi connectivity index (χ1v) is 8.46. The average molecular weight is 298 g/mol. The summed E-state index contributed by atoms with van der Waals surface area (Å²) in [6.07, 6.45) is 4.48. The first-order valence-electron chi connectivity index (χ1n) is 8.46. The van der Waals surface area contributed by atoms with Gasteiger partial charge in [-0.05, 0) is 44.6 Å². The predicted molar refractivity (Wildman–Crippen MR) is 87.3 cm³/mol. The summed E-state index contributed by atoms with van der Waals surface area (Å²) in [5, 5.41) is 3.32. The lowest BCUT2D eigenvalue weighted by molar-refractivity contribution is -0.151. The van der Waals surface area contributed by atoms with E-state index in [-0.39, 0.29) is 5.97 Å². The molecule has 0 aromatic heterocycles. The molecule has 0 bridgehead atoms. The van der Waals surface area contributed by atoms with E-state index in [4.69, 9.17) is 4.74 Å². The third-order valence-electron chi connectivity index (χ3n) is 4.78. The third-order valence-corrected chi connectivity index (χ3v) is 4.78. The maximum Gasteiger partial charge on any atom is 0.327 e. The van der Waals surface area contributed by atoms with E-state index >= 15 is 0 Å². The van der Waals surface area contributed by atoms with E-state index in [1.807, 2.05) is 7.05 Å². The zero-order valence-electron chi connectivity index (χ0n) is 14.7. The standard InChI is InChI=1S/C17H34N2O2/c1-7-15(8-2)19(11-13(3)4)12-17(18-5,14-9-10-14)16(20)21-6/h13-15,18H,7-12H2,1-6H3. The van der Waals surface area contributed by atoms with Gasteiger partial charge in [0, 0.05) is 19.1 Å². The summed E-state index contributed by atoms with van der Waals surface area (Å²) in [6.45, 7) is 10.7. The third kappa shape index (κ3) is 4.43. The second kappa shape index (κ2) is 8.14. The molecule has 1 rings (SSSR count). The summed E-state index contributed by atoms with van der Waals surface area (Å²) in [6, 6.07) is 0.531. The van der Waals surface area contributed by atoms with Crippen molar-refractivity contribution in [3.05, 3.63) is 0 Å². The van der Waals surface area contributed by atoms with Gasteiger partial charge in [0.1, 0.15) is 5.54 Å². The molecule has 21 heavy (non-hydrogen) atoms. The lowest BCUT2D eigenvalue weighted by Gasteiger charge is -2.40. The van der Waals surface area contributed by atoms with Gasteiger partial charge in [-0.3, -0.25) is 4.90 Å². The summed E-state index contributed by atoms with van der Waals surface area (Å²) in [5.74, 6) is 0.906. The topological polar surface area (TPSA) is 41.6 Å². The van der Waals surface area contributed by atoms with Gasteiger partial charge in [0.25, 0.3) is 0 Å². The van der Waals surface area contributed by atoms with Crippen LogP contribution in [0, 0.1) is 11.8 Å². The fourth-order valence-electron chi connectivity index (χ4n) is 3.44. The minimum Gasteiger partial charge on any atom is -0.468 e. The van der Waals surface area contributed by atoms with E-state index in [0.717, 1.165) is 38.8 Å². The van der Waals surface area contributed by atoms with Crippen LogP contribution < -0.4 is 5.32 Å². The first kappa shape index (κ1) is 18.4. The molecule has 1 aliphatic rings. The highest BCUT2D eigenvalue weighted by Gasteiger charge is 2.52. The molecule has 1 fully saturated rings. The smallest absolute Gasteiger partial charge is 0.327 e. The van der Waals surface area contributed by atoms with Crippen LogP contribution in [0.25, 0.3) is 0 Å². The summed E-state index contributed by atoms with van der Waals surface area (Å²) < 4.78 is 5.13. The molecule has 1 atom stereocenters. The van der Waals surface area contributed by atoms with Crippen molar-refractivity contribution in [3.63, 3.8) is 0 Å². The number of rotatable bonds is 10. The molecule has 0 spiro atoms. The van der Waals surface area contributed by atoms with Crippen LogP contribution in [0.2, 0.25) is 0 Å². The molecule has 1 N–H and O–H groups in total. The Morgan fingerprint density at radius 2 is 1.90 bits per heavy atom. The number of likely N-dealkylation sites (N-methyl/N-ethyl adjacent to an activating group) is 1. The van der Waals surface area contributed by atoms with Crippen molar-refractivity contribution in [1.82, 2.24) is 10.2 Å². The Balaban J connectivity index is 2.97. The quantitative estimate of drug-likeness (QED) is 0.630. The minimum absolute atomic E-state index is 0.104. The number of carbonyl (C=O) groups excluding carboxylic acids is 1. The number of esters is 1. The van der Waals surface area contributed by atoms with Gasteiger partial charge in [0.15, 0.2) is 0 Å². The Hall–Kier alpha value is -0.610. The van der Waals surface area contributed by atoms with Crippen molar-refractivity contribution >= 4 is 5.97 Å². The summed E-state index contributed by atoms with van der Waals surface area (Å²) in [4.78, 5) is 15.0. The molecule has 0 saturated heterocycles. The predicted octanol–water partition coefficient (Wildman–Crippen LogP) is 2.67. The van der Waals surface area contributed by atoms with Gasteiger partial charge in [0.2, 0.25) is 0 Å². The molecule has 0 amide bonds. The zero-order valence-corrected chi connectivity index (χ0v) is 14.7. The molecule has 1 saturated carbocycles. The Labute approximate surface area is 130 Å². The molecule has 0 aromatic carbocycles. The van der Waals surface area contributed by atoms with Crippen LogP contribution in [-0.4, -0.2) is 49.7 Å². The van der Waals surface area contributed by atoms with Crippen molar-refractivity contribution < 1.29 is 9.53 Å². The van der Waals surface area contributed by atoms with E-state index < -0.39 is 5.54 Å². The highest BCUT2D eigenvalue weighted by molar-refractivity contribution is 5.82. The van der Waals surface area contributed by atoms with Crippen molar-refractivity contribution in [1.29, 1.82) is 0 Å². The van der Waals surface area contributed by atoms with Gasteiger partial charge in [-0.1, -0.05) is 27.7 Å². The zero-order chi connectivity index (χ0) is 16.0. The largest absolute Gasteiger partial charge is 0.468 e. The normalized spacial score (nSPS) is 18.3. The molecule has 0 heterocycles. The molecule has 4 nitrogen and oxygen atoms in total. The fraction of sp³-hybridized carbons (Fsp3) is 0.941. The van der Waals surface area contributed by atoms with Gasteiger partial charge in [-0.25, -0.2) is 4.79 Å². The summed E-state index contributed by atoms with van der Waals surface area (Å²) >= 11 is 0. The molecule has 1 aliphatic carbocycles. The Bertz CT molecular complexity index is 325. The SMILES string of the molecule is CCC(CC)N(CC(C)C)CC(NC)(C(=O)OC)C1CC1. The number of hydrogen-bond donors (Lipinski definition) is 1. The highest BCUT2D eigenvalue weighted by Crippen LogP contribution is 2.41. The van der Waals surface area contributed by atoms with Crippen molar-refractivity contribution in [3.8, 4) is 0 Å². The van der Waals surface area contributed by atoms with E-state index in [9.17, 15) is 4.79 Å². The van der Waals surface area contributed by atoms with Crippen LogP contribution >= 0.6 is 0 Å². The van der Waals surface area contributed by atoms with Crippen LogP contribution in [0.15, 0.2) is 0 Å². The van der Waals surface area contributed by atoms with Crippen molar-refractivity contribution in [2.24, 2.45) is 11.8 Å². The van der Waals surface area contributed by atoms with E-state index in [2.05, 4.69) is 37.9 Å². The van der Waals surface area contributed by atoms with Crippen LogP contribution in [-0.2, 0) is 9.53 Å². The molecule has 0 radical (unpaired) electrons. The second-order valence-corrected chi connectivity index (χ2v) is 6.78. The Morgan fingerprint density at radius 3 is 2.24 bits per heavy atom. The molecular formula is C17H34N2O2. The van der Waals surface area contributed by atoms with E-state index in [0.29, 0.717) is 17.9 Å². The number of ether oxygens (including phenoxy) is 1. The molecule has 4 heteroatoms. The van der Waals surface area contributed by atoms with Crippen molar-refractivity contribution in [2.75, 3.05) is 27.2 Å². The summed E-state index contributed by atoms with van der Waals surface area (Å²) in [7, 11) is 3.40. The van der Waals surface area contributed by atoms with Gasteiger partial charge < -0.3 is 10.1 Å². The number of nitrogens with one attached hydrogen (secondary N) is 1. The van der Waals surface area contributed by atoms with Gasteiger partial charge in [-0.15, -0.1) is 0 Å². The maximum atomic E-state index is 12.5. The van der Waals surface area contributed by atoms with Crippen LogP contribution in [0.5, 0.6) is 0 Å². The second-order valence-electron chi connectivity index (χ2n) is 6.78. The Morgan fingerprint density at radius 1 is 1.33 bits per heavy atom. The number of carbonyl (C=O) groups is 1. The van der Waals surface area contributed by atoms with E-state index in [1.165, 1.54) is 7.11 Å². The lowest BCUT2D eigenvalue weighted by atomic mass is 9.90. The summed E-state index contributed by atoms with van der Waals surface area (Å²) in [5.41, 5.74) is -0.535. The van der Waals surface area contributed by atoms with Crippen LogP contribution in [0.3, 0.4) is 0 Å². The van der Waals surface area contributed by atoms with Gasteiger partial charge >= 0.3 is 5.97 Å². The monoisotopic (exact) mass is 298 g/mol. The average Bonchev–Trinajstić information content (AvgIpc) is 3.29. The van der Waals surface area contributed by atoms with Crippen molar-refractivity contribution in [2.45, 2.75) is 65.0 Å². The van der Waals surface area contributed by atoms with Crippen LogP contribution in [0.1, 0.15) is 53.4 Å². The first-order chi connectivity index (χ1) is 9.94. The maximum absolute atomic E-state index is 12.5. The minimum atomic E-state index is -0.535. The molecule has 0 aliphatic heterocycles. The van der Waals surface area contributed by atoms with Gasteiger partial charge in [0.05, 0.1) is 7.11 Å². The Kier molecular flexibility index (Phi) is 7.14. The van der Waals surface area contributed by atoms with E-state index in [1.54, 1.807) is 0 Å². The molecule has 0 aromatic rings. The number of methoxy groups -OCH3 is 1. The number of nitrogens with zero attached hydrogens (tertiary/aromatic N) is 1. The lowest BCUT2D eigenvalue weighted by Crippen LogP contribution is -2.61.